The van der Waals surface area contributed by atoms with Crippen LogP contribution in [0.2, 0.25) is 0 Å². The number of hydrogen-bond acceptors (Lipinski definition) is 6. The first kappa shape index (κ1) is 18.2. The van der Waals surface area contributed by atoms with Gasteiger partial charge in [-0.25, -0.2) is 15.0 Å². The highest BCUT2D eigenvalue weighted by molar-refractivity contribution is 6.06. The molecular formula is C21H24N6O2. The maximum atomic E-state index is 12.5. The lowest BCUT2D eigenvalue weighted by Crippen LogP contribution is -2.49. The van der Waals surface area contributed by atoms with Crippen LogP contribution in [0.15, 0.2) is 43.0 Å². The van der Waals surface area contributed by atoms with Gasteiger partial charge in [0.25, 0.3) is 5.91 Å². The third-order valence-electron chi connectivity index (χ3n) is 6.59. The highest BCUT2D eigenvalue weighted by Crippen LogP contribution is 2.51. The highest BCUT2D eigenvalue weighted by Gasteiger charge is 2.61. The van der Waals surface area contributed by atoms with E-state index in [1.807, 2.05) is 22.8 Å². The molecule has 2 N–H and O–H groups in total. The second-order valence-electron chi connectivity index (χ2n) is 7.89. The molecule has 5 rings (SSSR count). The molecule has 3 aromatic rings. The number of anilines is 1. The minimum absolute atomic E-state index is 0.180. The van der Waals surface area contributed by atoms with Gasteiger partial charge in [-0.15, -0.1) is 0 Å². The number of morpholine rings is 1. The third kappa shape index (κ3) is 2.59. The molecule has 5 atom stereocenters. The minimum Gasteiger partial charge on any atom is -0.348 e. The van der Waals surface area contributed by atoms with Gasteiger partial charge < -0.3 is 15.4 Å². The first-order valence-corrected chi connectivity index (χ1v) is 10.0. The van der Waals surface area contributed by atoms with Crippen LogP contribution >= 0.6 is 0 Å². The van der Waals surface area contributed by atoms with Crippen molar-refractivity contribution in [3.05, 3.63) is 48.5 Å². The second-order valence-corrected chi connectivity index (χ2v) is 7.89. The summed E-state index contributed by atoms with van der Waals surface area (Å²) in [7, 11) is 0. The lowest BCUT2D eigenvalue weighted by Gasteiger charge is -2.37. The number of ether oxygens (including phenoxy) is 1. The van der Waals surface area contributed by atoms with E-state index in [0.29, 0.717) is 34.5 Å². The van der Waals surface area contributed by atoms with E-state index in [-0.39, 0.29) is 23.8 Å². The molecular weight excluding hydrogens is 368 g/mol. The lowest BCUT2D eigenvalue weighted by molar-refractivity contribution is -0.119. The molecule has 2 bridgehead atoms. The smallest absolute Gasteiger partial charge is 0.256 e. The number of rotatable bonds is 4. The monoisotopic (exact) mass is 392 g/mol. The molecule has 29 heavy (non-hydrogen) atoms. The average Bonchev–Trinajstić information content (AvgIpc) is 3.37. The van der Waals surface area contributed by atoms with Crippen LogP contribution in [0.25, 0.3) is 11.2 Å². The SMILES string of the molecule is CC[C@]12O[C@@H](n3cnc4c(NC(=O)c5ccccc5)ncnc43)[C@H](N[C@@H]1C)[C@@H]2C. The zero-order valence-electron chi connectivity index (χ0n) is 16.7. The van der Waals surface area contributed by atoms with Crippen molar-refractivity contribution in [3.8, 4) is 0 Å². The number of imidazole rings is 1. The van der Waals surface area contributed by atoms with Gasteiger partial charge >= 0.3 is 0 Å². The van der Waals surface area contributed by atoms with Gasteiger partial charge in [0, 0.05) is 17.5 Å². The number of fused-ring (bicyclic) bond motifs is 3. The predicted octanol–water partition coefficient (Wildman–Crippen LogP) is 2.75. The number of amides is 1. The summed E-state index contributed by atoms with van der Waals surface area (Å²) in [4.78, 5) is 25.7. The molecule has 8 heteroatoms. The normalized spacial score (nSPS) is 30.7. The zero-order chi connectivity index (χ0) is 20.2. The molecule has 2 fully saturated rings. The zero-order valence-corrected chi connectivity index (χ0v) is 16.7. The van der Waals surface area contributed by atoms with E-state index in [1.54, 1.807) is 18.5 Å². The Morgan fingerprint density at radius 2 is 2.03 bits per heavy atom. The number of aromatic nitrogens is 4. The molecule has 0 saturated carbocycles. The molecule has 2 aliphatic rings. The Kier molecular flexibility index (Phi) is 4.15. The topological polar surface area (TPSA) is 94.0 Å². The molecule has 4 heterocycles. The molecule has 2 aromatic heterocycles. The molecule has 2 saturated heterocycles. The van der Waals surface area contributed by atoms with Crippen molar-refractivity contribution in [1.29, 1.82) is 0 Å². The Bertz CT molecular complexity index is 1070. The molecule has 0 aliphatic carbocycles. The van der Waals surface area contributed by atoms with Gasteiger partial charge in [0.15, 0.2) is 23.2 Å². The number of benzene rings is 1. The summed E-state index contributed by atoms with van der Waals surface area (Å²) in [5.74, 6) is 0.541. The van der Waals surface area contributed by atoms with Crippen LogP contribution in [0.1, 0.15) is 43.8 Å². The fourth-order valence-electron chi connectivity index (χ4n) is 4.95. The summed E-state index contributed by atoms with van der Waals surface area (Å²) < 4.78 is 8.53. The average molecular weight is 392 g/mol. The molecule has 0 spiro atoms. The van der Waals surface area contributed by atoms with Gasteiger partial charge in [0.05, 0.1) is 18.0 Å². The van der Waals surface area contributed by atoms with E-state index in [1.165, 1.54) is 6.33 Å². The Balaban J connectivity index is 1.48. The van der Waals surface area contributed by atoms with Crippen molar-refractivity contribution in [2.75, 3.05) is 5.32 Å². The molecule has 150 valence electrons. The van der Waals surface area contributed by atoms with Gasteiger partial charge in [0.1, 0.15) is 6.33 Å². The third-order valence-corrected chi connectivity index (χ3v) is 6.59. The second kappa shape index (κ2) is 6.60. The molecule has 1 amide bonds. The fraction of sp³-hybridized carbons (Fsp3) is 0.429. The Morgan fingerprint density at radius 3 is 2.76 bits per heavy atom. The van der Waals surface area contributed by atoms with Crippen molar-refractivity contribution in [2.24, 2.45) is 5.92 Å². The first-order chi connectivity index (χ1) is 14.0. The van der Waals surface area contributed by atoms with E-state index in [9.17, 15) is 4.79 Å². The highest BCUT2D eigenvalue weighted by atomic mass is 16.5. The number of nitrogens with one attached hydrogen (secondary N) is 2. The van der Waals surface area contributed by atoms with Crippen LogP contribution in [-0.2, 0) is 4.74 Å². The summed E-state index contributed by atoms with van der Waals surface area (Å²) in [5.41, 5.74) is 1.57. The van der Waals surface area contributed by atoms with Crippen molar-refractivity contribution in [3.63, 3.8) is 0 Å². The van der Waals surface area contributed by atoms with Crippen molar-refractivity contribution < 1.29 is 9.53 Å². The maximum absolute atomic E-state index is 12.5. The molecule has 1 aromatic carbocycles. The number of hydrogen-bond donors (Lipinski definition) is 2. The van der Waals surface area contributed by atoms with E-state index < -0.39 is 0 Å². The summed E-state index contributed by atoms with van der Waals surface area (Å²) in [6, 6.07) is 9.51. The standard InChI is InChI=1S/C21H24N6O2/c1-4-21-12(2)15(25-13(21)3)20(29-21)27-11-24-16-17(22-10-23-18(16)27)26-19(28)14-8-6-5-7-9-14/h5-13,15,20,25H,4H2,1-3H3,(H,22,23,26,28)/t12-,13+,15+,20+,21+/m0/s1. The number of carbonyl (C=O) groups is 1. The van der Waals surface area contributed by atoms with E-state index in [2.05, 4.69) is 46.4 Å². The summed E-state index contributed by atoms with van der Waals surface area (Å²) in [5, 5.41) is 6.53. The van der Waals surface area contributed by atoms with Crippen molar-refractivity contribution in [2.45, 2.75) is 51.1 Å². The molecule has 2 aliphatic heterocycles. The largest absolute Gasteiger partial charge is 0.348 e. The van der Waals surface area contributed by atoms with Gasteiger partial charge in [0.2, 0.25) is 0 Å². The maximum Gasteiger partial charge on any atom is 0.256 e. The first-order valence-electron chi connectivity index (χ1n) is 10.0. The Labute approximate surface area is 168 Å². The van der Waals surface area contributed by atoms with E-state index >= 15 is 0 Å². The van der Waals surface area contributed by atoms with Gasteiger partial charge in [-0.05, 0) is 25.5 Å². The predicted molar refractivity (Wildman–Crippen MR) is 108 cm³/mol. The van der Waals surface area contributed by atoms with Crippen LogP contribution in [0.3, 0.4) is 0 Å². The molecule has 0 unspecified atom stereocenters. The van der Waals surface area contributed by atoms with Crippen LogP contribution in [-0.4, -0.2) is 43.1 Å². The van der Waals surface area contributed by atoms with Crippen molar-refractivity contribution >= 4 is 22.9 Å². The summed E-state index contributed by atoms with van der Waals surface area (Å²) in [6.45, 7) is 6.59. The molecule has 8 nitrogen and oxygen atoms in total. The van der Waals surface area contributed by atoms with Crippen LogP contribution in [0.5, 0.6) is 0 Å². The van der Waals surface area contributed by atoms with Crippen LogP contribution < -0.4 is 10.6 Å². The van der Waals surface area contributed by atoms with Gasteiger partial charge in [-0.3, -0.25) is 9.36 Å². The Morgan fingerprint density at radius 1 is 1.24 bits per heavy atom. The van der Waals surface area contributed by atoms with Crippen LogP contribution in [0.4, 0.5) is 5.82 Å². The van der Waals surface area contributed by atoms with Crippen molar-refractivity contribution in [1.82, 2.24) is 24.8 Å². The Hall–Kier alpha value is -2.84. The van der Waals surface area contributed by atoms with E-state index in [4.69, 9.17) is 4.74 Å². The lowest BCUT2D eigenvalue weighted by atomic mass is 9.84. The summed E-state index contributed by atoms with van der Waals surface area (Å²) in [6.07, 6.45) is 3.92. The minimum atomic E-state index is -0.231. The van der Waals surface area contributed by atoms with E-state index in [0.717, 1.165) is 6.42 Å². The summed E-state index contributed by atoms with van der Waals surface area (Å²) >= 11 is 0. The molecule has 0 radical (unpaired) electrons. The fourth-order valence-corrected chi connectivity index (χ4v) is 4.95. The van der Waals surface area contributed by atoms with Gasteiger partial charge in [-0.2, -0.15) is 0 Å². The van der Waals surface area contributed by atoms with Crippen LogP contribution in [0, 0.1) is 5.92 Å². The van der Waals surface area contributed by atoms with Gasteiger partial charge in [-0.1, -0.05) is 32.0 Å². The number of carbonyl (C=O) groups excluding carboxylic acids is 1. The quantitative estimate of drug-likeness (QED) is 0.709. The number of nitrogens with zero attached hydrogens (tertiary/aromatic N) is 4.